The maximum atomic E-state index is 9.52. The van der Waals surface area contributed by atoms with Gasteiger partial charge in [0.25, 0.3) is 0 Å². The second-order valence-corrected chi connectivity index (χ2v) is 5.30. The Bertz CT molecular complexity index is 630. The number of hydrogen-bond acceptors (Lipinski definition) is 3. The van der Waals surface area contributed by atoms with Crippen LogP contribution in [0.25, 0.3) is 0 Å². The van der Waals surface area contributed by atoms with Crippen molar-refractivity contribution < 1.29 is 9.84 Å². The number of aliphatic hydroxyl groups is 1. The maximum Gasteiger partial charge on any atom is 0.141 e. The summed E-state index contributed by atoms with van der Waals surface area (Å²) < 4.78 is 6.55. The highest BCUT2D eigenvalue weighted by atomic mass is 79.9. The summed E-state index contributed by atoms with van der Waals surface area (Å²) in [5, 5.41) is 18.1. The summed E-state index contributed by atoms with van der Waals surface area (Å²) >= 11 is 3.43. The molecule has 1 N–H and O–H groups in total. The van der Waals surface area contributed by atoms with Crippen molar-refractivity contribution in [3.05, 3.63) is 58.1 Å². The van der Waals surface area contributed by atoms with E-state index in [1.165, 1.54) is 0 Å². The fraction of sp³-hybridized carbons (Fsp3) is 0.188. The summed E-state index contributed by atoms with van der Waals surface area (Å²) in [6.07, 6.45) is -0.113. The highest BCUT2D eigenvalue weighted by molar-refractivity contribution is 9.10. The number of nitrogens with zero attached hydrogens (tertiary/aromatic N) is 1. The van der Waals surface area contributed by atoms with E-state index in [9.17, 15) is 5.11 Å². The Labute approximate surface area is 126 Å². The molecular weight excluding hydrogens is 318 g/mol. The third-order valence-corrected chi connectivity index (χ3v) is 3.49. The maximum absolute atomic E-state index is 9.52. The minimum absolute atomic E-state index is 0.396. The number of ether oxygens (including phenoxy) is 1. The molecule has 0 heterocycles. The molecule has 0 aliphatic heterocycles. The highest BCUT2D eigenvalue weighted by Gasteiger charge is 2.07. The Morgan fingerprint density at radius 1 is 1.25 bits per heavy atom. The van der Waals surface area contributed by atoms with E-state index in [1.54, 1.807) is 6.92 Å². The molecular formula is C16H14BrNO2. The fourth-order valence-corrected chi connectivity index (χ4v) is 2.23. The molecule has 0 fully saturated rings. The number of rotatable bonds is 4. The lowest BCUT2D eigenvalue weighted by atomic mass is 10.1. The molecule has 0 aliphatic rings. The molecule has 0 radical (unpaired) electrons. The zero-order chi connectivity index (χ0) is 14.5. The molecule has 0 amide bonds. The molecule has 20 heavy (non-hydrogen) atoms. The zero-order valence-electron chi connectivity index (χ0n) is 11.0. The SMILES string of the molecule is C[C@@H](O)c1ccc(Oc2ccc(CC#N)cc2)c(Br)c1. The lowest BCUT2D eigenvalue weighted by Crippen LogP contribution is -1.92. The quantitative estimate of drug-likeness (QED) is 0.905. The van der Waals surface area contributed by atoms with Gasteiger partial charge in [-0.05, 0) is 58.2 Å². The Balaban J connectivity index is 2.15. The van der Waals surface area contributed by atoms with E-state index in [1.807, 2.05) is 42.5 Å². The average molecular weight is 332 g/mol. The van der Waals surface area contributed by atoms with Crippen molar-refractivity contribution in [3.63, 3.8) is 0 Å². The number of halogens is 1. The number of hydrogen-bond donors (Lipinski definition) is 1. The van der Waals surface area contributed by atoms with Gasteiger partial charge in [-0.15, -0.1) is 0 Å². The van der Waals surface area contributed by atoms with Crippen molar-refractivity contribution >= 4 is 15.9 Å². The second kappa shape index (κ2) is 6.56. The Morgan fingerprint density at radius 2 is 1.95 bits per heavy atom. The van der Waals surface area contributed by atoms with E-state index in [0.717, 1.165) is 15.6 Å². The third-order valence-electron chi connectivity index (χ3n) is 2.87. The van der Waals surface area contributed by atoms with Crippen molar-refractivity contribution in [1.29, 1.82) is 5.26 Å². The molecule has 0 spiro atoms. The van der Waals surface area contributed by atoms with Crippen LogP contribution in [0.3, 0.4) is 0 Å². The molecule has 2 aromatic rings. The first-order chi connectivity index (χ1) is 9.60. The molecule has 0 saturated carbocycles. The van der Waals surface area contributed by atoms with E-state index in [-0.39, 0.29) is 0 Å². The molecule has 2 rings (SSSR count). The summed E-state index contributed by atoms with van der Waals surface area (Å²) in [6.45, 7) is 1.72. The van der Waals surface area contributed by atoms with Gasteiger partial charge in [0.1, 0.15) is 11.5 Å². The molecule has 0 unspecified atom stereocenters. The van der Waals surface area contributed by atoms with Gasteiger partial charge in [-0.25, -0.2) is 0 Å². The molecule has 0 saturated heterocycles. The Morgan fingerprint density at radius 3 is 2.50 bits per heavy atom. The van der Waals surface area contributed by atoms with Crippen molar-refractivity contribution in [1.82, 2.24) is 0 Å². The summed E-state index contributed by atoms with van der Waals surface area (Å²) in [5.41, 5.74) is 1.79. The lowest BCUT2D eigenvalue weighted by molar-refractivity contribution is 0.199. The molecule has 0 aromatic heterocycles. The number of nitriles is 1. The van der Waals surface area contributed by atoms with Crippen molar-refractivity contribution in [2.75, 3.05) is 0 Å². The van der Waals surface area contributed by atoms with Gasteiger partial charge in [-0.2, -0.15) is 5.26 Å². The molecule has 1 atom stereocenters. The minimum Gasteiger partial charge on any atom is -0.456 e. The van der Waals surface area contributed by atoms with Gasteiger partial charge in [0.05, 0.1) is 23.1 Å². The van der Waals surface area contributed by atoms with E-state index in [0.29, 0.717) is 17.9 Å². The average Bonchev–Trinajstić information content (AvgIpc) is 2.43. The van der Waals surface area contributed by atoms with Gasteiger partial charge in [-0.1, -0.05) is 18.2 Å². The predicted octanol–water partition coefficient (Wildman–Crippen LogP) is 4.36. The van der Waals surface area contributed by atoms with Crippen LogP contribution in [0, 0.1) is 11.3 Å². The first-order valence-corrected chi connectivity index (χ1v) is 7.00. The van der Waals surface area contributed by atoms with Crippen LogP contribution in [0.2, 0.25) is 0 Å². The van der Waals surface area contributed by atoms with Crippen molar-refractivity contribution in [3.8, 4) is 17.6 Å². The molecule has 0 aliphatic carbocycles. The summed E-state index contributed by atoms with van der Waals surface area (Å²) in [4.78, 5) is 0. The second-order valence-electron chi connectivity index (χ2n) is 4.45. The predicted molar refractivity (Wildman–Crippen MR) is 80.6 cm³/mol. The largest absolute Gasteiger partial charge is 0.456 e. The van der Waals surface area contributed by atoms with Gasteiger partial charge < -0.3 is 9.84 Å². The van der Waals surface area contributed by atoms with Crippen LogP contribution in [0.5, 0.6) is 11.5 Å². The highest BCUT2D eigenvalue weighted by Crippen LogP contribution is 2.32. The first kappa shape index (κ1) is 14.6. The molecule has 0 bridgehead atoms. The van der Waals surface area contributed by atoms with Gasteiger partial charge >= 0.3 is 0 Å². The minimum atomic E-state index is -0.509. The van der Waals surface area contributed by atoms with Gasteiger partial charge in [-0.3, -0.25) is 0 Å². The number of aliphatic hydroxyl groups excluding tert-OH is 1. The van der Waals surface area contributed by atoms with Gasteiger partial charge in [0, 0.05) is 0 Å². The fourth-order valence-electron chi connectivity index (χ4n) is 1.75. The molecule has 4 heteroatoms. The topological polar surface area (TPSA) is 53.2 Å². The van der Waals surface area contributed by atoms with Crippen LogP contribution >= 0.6 is 15.9 Å². The van der Waals surface area contributed by atoms with Crippen LogP contribution in [0.15, 0.2) is 46.9 Å². The smallest absolute Gasteiger partial charge is 0.141 e. The summed E-state index contributed by atoms with van der Waals surface area (Å²) in [7, 11) is 0. The third kappa shape index (κ3) is 3.60. The van der Waals surface area contributed by atoms with Crippen molar-refractivity contribution in [2.45, 2.75) is 19.4 Å². The monoisotopic (exact) mass is 331 g/mol. The van der Waals surface area contributed by atoms with Gasteiger partial charge in [0.2, 0.25) is 0 Å². The normalized spacial score (nSPS) is 11.7. The lowest BCUT2D eigenvalue weighted by Gasteiger charge is -2.11. The van der Waals surface area contributed by atoms with E-state index < -0.39 is 6.10 Å². The van der Waals surface area contributed by atoms with Crippen LogP contribution in [-0.2, 0) is 6.42 Å². The first-order valence-electron chi connectivity index (χ1n) is 6.21. The van der Waals surface area contributed by atoms with Crippen LogP contribution in [0.4, 0.5) is 0 Å². The number of benzene rings is 2. The molecule has 3 nitrogen and oxygen atoms in total. The summed E-state index contributed by atoms with van der Waals surface area (Å²) in [5.74, 6) is 1.39. The van der Waals surface area contributed by atoms with Crippen molar-refractivity contribution in [2.24, 2.45) is 0 Å². The van der Waals surface area contributed by atoms with Gasteiger partial charge in [0.15, 0.2) is 0 Å². The Kier molecular flexibility index (Phi) is 4.78. The summed E-state index contributed by atoms with van der Waals surface area (Å²) in [6, 6.07) is 15.0. The van der Waals surface area contributed by atoms with Crippen LogP contribution in [0.1, 0.15) is 24.2 Å². The van der Waals surface area contributed by atoms with E-state index in [2.05, 4.69) is 22.0 Å². The van der Waals surface area contributed by atoms with E-state index >= 15 is 0 Å². The molecule has 2 aromatic carbocycles. The zero-order valence-corrected chi connectivity index (χ0v) is 12.6. The standard InChI is InChI=1S/C16H14BrNO2/c1-11(19)13-4-7-16(15(17)10-13)20-14-5-2-12(3-6-14)8-9-18/h2-7,10-11,19H,8H2,1H3/t11-/m1/s1. The van der Waals surface area contributed by atoms with Crippen LogP contribution < -0.4 is 4.74 Å². The van der Waals surface area contributed by atoms with E-state index in [4.69, 9.17) is 10.00 Å². The Hall–Kier alpha value is -1.83. The van der Waals surface area contributed by atoms with Crippen LogP contribution in [-0.4, -0.2) is 5.11 Å². The molecule has 102 valence electrons.